The Morgan fingerprint density at radius 1 is 1.07 bits per heavy atom. The van der Waals surface area contributed by atoms with E-state index in [1.165, 1.54) is 18.4 Å². The molecule has 4 rings (SSSR count). The lowest BCUT2D eigenvalue weighted by Crippen LogP contribution is -2.12. The lowest BCUT2D eigenvalue weighted by molar-refractivity contribution is 0.0600. The summed E-state index contributed by atoms with van der Waals surface area (Å²) in [5.41, 5.74) is 3.71. The number of hydrogen-bond donors (Lipinski definition) is 1. The average molecular weight is 405 g/mol. The van der Waals surface area contributed by atoms with Crippen molar-refractivity contribution in [3.05, 3.63) is 76.3 Å². The van der Waals surface area contributed by atoms with Crippen molar-refractivity contribution < 1.29 is 14.3 Å². The van der Waals surface area contributed by atoms with E-state index in [0.29, 0.717) is 16.1 Å². The van der Waals surface area contributed by atoms with Crippen LogP contribution in [0, 0.1) is 13.8 Å². The molecule has 0 atom stereocenters. The molecule has 0 radical (unpaired) electrons. The molecule has 0 spiro atoms. The molecule has 6 nitrogen and oxygen atoms in total. The summed E-state index contributed by atoms with van der Waals surface area (Å²) in [7, 11) is 1.34. The number of benzene rings is 2. The summed E-state index contributed by atoms with van der Waals surface area (Å²) in [6.07, 6.45) is 0. The molecule has 2 heterocycles. The van der Waals surface area contributed by atoms with Gasteiger partial charge in [-0.1, -0.05) is 18.2 Å². The van der Waals surface area contributed by atoms with Gasteiger partial charge in [-0.15, -0.1) is 11.3 Å². The number of fused-ring (bicyclic) bond motifs is 1. The number of para-hydroxylation sites is 1. The maximum Gasteiger partial charge on any atom is 0.337 e. The third-order valence-corrected chi connectivity index (χ3v) is 5.77. The van der Waals surface area contributed by atoms with Gasteiger partial charge in [0.05, 0.1) is 28.9 Å². The molecule has 4 aromatic rings. The lowest BCUT2D eigenvalue weighted by atomic mass is 10.1. The summed E-state index contributed by atoms with van der Waals surface area (Å²) in [6.45, 7) is 3.77. The van der Waals surface area contributed by atoms with E-state index in [4.69, 9.17) is 4.74 Å². The summed E-state index contributed by atoms with van der Waals surface area (Å²) in [6, 6.07) is 16.8. The Bertz CT molecular complexity index is 1230. The smallest absolute Gasteiger partial charge is 0.337 e. The number of ether oxygens (including phenoxy) is 1. The van der Waals surface area contributed by atoms with Crippen molar-refractivity contribution in [3.63, 3.8) is 0 Å². The topological polar surface area (TPSA) is 73.2 Å². The molecule has 7 heteroatoms. The van der Waals surface area contributed by atoms with E-state index in [0.717, 1.165) is 27.2 Å². The summed E-state index contributed by atoms with van der Waals surface area (Å²) < 4.78 is 6.60. The number of esters is 1. The minimum Gasteiger partial charge on any atom is -0.465 e. The number of carbonyl (C=O) groups is 2. The number of amides is 1. The average Bonchev–Trinajstić information content (AvgIpc) is 3.30. The van der Waals surface area contributed by atoms with Crippen molar-refractivity contribution in [2.75, 3.05) is 12.4 Å². The Morgan fingerprint density at radius 3 is 2.52 bits per heavy atom. The van der Waals surface area contributed by atoms with Crippen molar-refractivity contribution in [2.24, 2.45) is 0 Å². The quantitative estimate of drug-likeness (QED) is 0.498. The van der Waals surface area contributed by atoms with Crippen molar-refractivity contribution >= 4 is 39.1 Å². The molecule has 0 unspecified atom stereocenters. The molecule has 2 aromatic carbocycles. The predicted molar refractivity (Wildman–Crippen MR) is 114 cm³/mol. The number of nitrogens with zero attached hydrogens (tertiary/aromatic N) is 2. The molecule has 2 aromatic heterocycles. The van der Waals surface area contributed by atoms with Gasteiger partial charge in [0.25, 0.3) is 5.91 Å². The molecule has 1 N–H and O–H groups in total. The molecule has 0 saturated carbocycles. The van der Waals surface area contributed by atoms with E-state index in [2.05, 4.69) is 10.4 Å². The minimum absolute atomic E-state index is 0.195. The normalized spacial score (nSPS) is 10.9. The maximum atomic E-state index is 12.8. The van der Waals surface area contributed by atoms with Crippen LogP contribution in [0.1, 0.15) is 31.3 Å². The lowest BCUT2D eigenvalue weighted by Gasteiger charge is -2.09. The highest BCUT2D eigenvalue weighted by Gasteiger charge is 2.18. The van der Waals surface area contributed by atoms with Crippen LogP contribution in [0.2, 0.25) is 0 Å². The van der Waals surface area contributed by atoms with Gasteiger partial charge >= 0.3 is 5.97 Å². The molecule has 0 saturated heterocycles. The van der Waals surface area contributed by atoms with Crippen LogP contribution in [0.3, 0.4) is 0 Å². The van der Waals surface area contributed by atoms with Crippen molar-refractivity contribution in [2.45, 2.75) is 13.8 Å². The Hall–Kier alpha value is -3.45. The Balaban J connectivity index is 1.64. The number of aryl methyl sites for hydroxylation is 2. The fourth-order valence-electron chi connectivity index (χ4n) is 3.14. The number of methoxy groups -OCH3 is 1. The van der Waals surface area contributed by atoms with Gasteiger partial charge in [-0.3, -0.25) is 4.79 Å². The highest BCUT2D eigenvalue weighted by atomic mass is 32.1. The van der Waals surface area contributed by atoms with Crippen LogP contribution in [0.5, 0.6) is 0 Å². The minimum atomic E-state index is -0.406. The SMILES string of the molecule is COC(=O)c1ccc(NC(=O)c2cc3c(C)nn(-c4ccccc4)c3s2)c(C)c1. The second-order valence-electron chi connectivity index (χ2n) is 6.64. The molecule has 0 aliphatic carbocycles. The van der Waals surface area contributed by atoms with Crippen LogP contribution in [0.15, 0.2) is 54.6 Å². The zero-order valence-corrected chi connectivity index (χ0v) is 17.0. The molecule has 0 aliphatic rings. The fraction of sp³-hybridized carbons (Fsp3) is 0.136. The molecule has 0 fully saturated rings. The molecule has 146 valence electrons. The van der Waals surface area contributed by atoms with Crippen LogP contribution >= 0.6 is 11.3 Å². The summed E-state index contributed by atoms with van der Waals surface area (Å²) >= 11 is 1.40. The first-order valence-corrected chi connectivity index (χ1v) is 9.84. The van der Waals surface area contributed by atoms with E-state index in [1.807, 2.05) is 54.9 Å². The van der Waals surface area contributed by atoms with E-state index >= 15 is 0 Å². The monoisotopic (exact) mass is 405 g/mol. The third kappa shape index (κ3) is 3.52. The Kier molecular flexibility index (Phi) is 4.90. The standard InChI is InChI=1S/C22H19N3O3S/c1-13-11-15(22(27)28-3)9-10-18(13)23-20(26)19-12-17-14(2)24-25(21(17)29-19)16-7-5-4-6-8-16/h4-12H,1-3H3,(H,23,26). The number of anilines is 1. The molecule has 0 bridgehead atoms. The zero-order chi connectivity index (χ0) is 20.5. The maximum absolute atomic E-state index is 12.8. The number of hydrogen-bond acceptors (Lipinski definition) is 5. The Labute approximate surface area is 171 Å². The third-order valence-electron chi connectivity index (χ3n) is 4.66. The first-order chi connectivity index (χ1) is 14.0. The molecule has 1 amide bonds. The zero-order valence-electron chi connectivity index (χ0n) is 16.2. The molecular weight excluding hydrogens is 386 g/mol. The van der Waals surface area contributed by atoms with E-state index in [1.54, 1.807) is 18.2 Å². The van der Waals surface area contributed by atoms with Crippen LogP contribution in [-0.4, -0.2) is 28.8 Å². The summed E-state index contributed by atoms with van der Waals surface area (Å²) in [5, 5.41) is 8.49. The first-order valence-electron chi connectivity index (χ1n) is 9.03. The van der Waals surface area contributed by atoms with Gasteiger partial charge in [0.15, 0.2) is 0 Å². The predicted octanol–water partition coefficient (Wildman–Crippen LogP) is 4.74. The fourth-order valence-corrected chi connectivity index (χ4v) is 4.21. The Morgan fingerprint density at radius 2 is 1.83 bits per heavy atom. The number of carbonyl (C=O) groups excluding carboxylic acids is 2. The second kappa shape index (κ2) is 7.52. The van der Waals surface area contributed by atoms with E-state index in [-0.39, 0.29) is 5.91 Å². The highest BCUT2D eigenvalue weighted by molar-refractivity contribution is 7.20. The molecule has 0 aliphatic heterocycles. The van der Waals surface area contributed by atoms with Gasteiger partial charge in [0.2, 0.25) is 0 Å². The largest absolute Gasteiger partial charge is 0.465 e. The molecule has 29 heavy (non-hydrogen) atoms. The second-order valence-corrected chi connectivity index (χ2v) is 7.67. The van der Waals surface area contributed by atoms with Crippen molar-refractivity contribution in [3.8, 4) is 5.69 Å². The van der Waals surface area contributed by atoms with Crippen LogP contribution in [0.25, 0.3) is 15.9 Å². The van der Waals surface area contributed by atoms with Gasteiger partial charge in [0, 0.05) is 11.1 Å². The van der Waals surface area contributed by atoms with E-state index in [9.17, 15) is 9.59 Å². The first kappa shape index (κ1) is 18.9. The number of nitrogens with one attached hydrogen (secondary N) is 1. The van der Waals surface area contributed by atoms with E-state index < -0.39 is 5.97 Å². The number of thiophene rings is 1. The highest BCUT2D eigenvalue weighted by Crippen LogP contribution is 2.31. The van der Waals surface area contributed by atoms with Crippen LogP contribution < -0.4 is 5.32 Å². The van der Waals surface area contributed by atoms with Gasteiger partial charge < -0.3 is 10.1 Å². The number of rotatable bonds is 4. The van der Waals surface area contributed by atoms with Crippen LogP contribution in [0.4, 0.5) is 5.69 Å². The number of aromatic nitrogens is 2. The van der Waals surface area contributed by atoms with Gasteiger partial charge in [0.1, 0.15) is 4.83 Å². The van der Waals surface area contributed by atoms with Crippen molar-refractivity contribution in [1.29, 1.82) is 0 Å². The molecular formula is C22H19N3O3S. The van der Waals surface area contributed by atoms with Gasteiger partial charge in [-0.25, -0.2) is 9.48 Å². The van der Waals surface area contributed by atoms with Gasteiger partial charge in [-0.2, -0.15) is 5.10 Å². The van der Waals surface area contributed by atoms with Gasteiger partial charge in [-0.05, 0) is 55.8 Å². The summed E-state index contributed by atoms with van der Waals surface area (Å²) in [4.78, 5) is 26.0. The van der Waals surface area contributed by atoms with Crippen LogP contribution in [-0.2, 0) is 4.74 Å². The summed E-state index contributed by atoms with van der Waals surface area (Å²) in [5.74, 6) is -0.601. The van der Waals surface area contributed by atoms with Crippen molar-refractivity contribution in [1.82, 2.24) is 9.78 Å².